The molecule has 0 amide bonds. The van der Waals surface area contributed by atoms with Crippen molar-refractivity contribution in [3.05, 3.63) is 85.3 Å². The molecule has 3 aromatic carbocycles. The summed E-state index contributed by atoms with van der Waals surface area (Å²) < 4.78 is 2.33. The summed E-state index contributed by atoms with van der Waals surface area (Å²) in [7, 11) is 0. The van der Waals surface area contributed by atoms with Crippen molar-refractivity contribution in [2.45, 2.75) is 0 Å². The SMILES string of the molecule is c1ccc2c(c1)c1cccnc1c1cc3c4ncccc4n4c5cccnc5c(c21)c34. The summed E-state index contributed by atoms with van der Waals surface area (Å²) in [4.78, 5) is 14.5. The van der Waals surface area contributed by atoms with Crippen LogP contribution in [-0.4, -0.2) is 19.4 Å². The monoisotopic (exact) mass is 394 g/mol. The molecule has 0 spiro atoms. The second-order valence-electron chi connectivity index (χ2n) is 8.09. The lowest BCUT2D eigenvalue weighted by Gasteiger charge is -2.11. The summed E-state index contributed by atoms with van der Waals surface area (Å²) in [6.07, 6.45) is 5.64. The fourth-order valence-corrected chi connectivity index (χ4v) is 5.48. The highest BCUT2D eigenvalue weighted by atomic mass is 15.0. The molecule has 0 bridgehead atoms. The topological polar surface area (TPSA) is 43.1 Å². The number of benzene rings is 3. The minimum absolute atomic E-state index is 1.02. The number of hydrogen-bond donors (Lipinski definition) is 0. The van der Waals surface area contributed by atoms with E-state index in [0.717, 1.165) is 38.4 Å². The van der Waals surface area contributed by atoms with Crippen LogP contribution in [0.2, 0.25) is 0 Å². The molecule has 8 rings (SSSR count). The maximum absolute atomic E-state index is 4.85. The maximum atomic E-state index is 4.85. The van der Waals surface area contributed by atoms with Crippen LogP contribution in [0.1, 0.15) is 0 Å². The number of pyridine rings is 3. The van der Waals surface area contributed by atoms with E-state index < -0.39 is 0 Å². The number of fused-ring (bicyclic) bond motifs is 13. The molecule has 142 valence electrons. The van der Waals surface area contributed by atoms with Crippen LogP contribution < -0.4 is 0 Å². The zero-order valence-corrected chi connectivity index (χ0v) is 16.4. The summed E-state index contributed by atoms with van der Waals surface area (Å²) in [6.45, 7) is 0. The van der Waals surface area contributed by atoms with Crippen molar-refractivity contribution >= 4 is 70.8 Å². The van der Waals surface area contributed by atoms with Crippen molar-refractivity contribution in [3.8, 4) is 0 Å². The number of hydrogen-bond acceptors (Lipinski definition) is 3. The van der Waals surface area contributed by atoms with E-state index in [2.05, 4.69) is 52.9 Å². The fourth-order valence-electron chi connectivity index (χ4n) is 5.48. The molecule has 4 nitrogen and oxygen atoms in total. The highest BCUT2D eigenvalue weighted by Crippen LogP contribution is 2.45. The van der Waals surface area contributed by atoms with Crippen LogP contribution in [-0.2, 0) is 0 Å². The molecule has 0 atom stereocenters. The van der Waals surface area contributed by atoms with E-state index in [1.165, 1.54) is 32.4 Å². The summed E-state index contributed by atoms with van der Waals surface area (Å²) in [5.74, 6) is 0. The van der Waals surface area contributed by atoms with Crippen molar-refractivity contribution in [2.24, 2.45) is 0 Å². The Morgan fingerprint density at radius 1 is 0.484 bits per heavy atom. The molecule has 0 aliphatic heterocycles. The first-order valence-corrected chi connectivity index (χ1v) is 10.4. The van der Waals surface area contributed by atoms with Crippen LogP contribution in [0, 0.1) is 0 Å². The van der Waals surface area contributed by atoms with E-state index in [0.29, 0.717) is 0 Å². The zero-order valence-electron chi connectivity index (χ0n) is 16.4. The van der Waals surface area contributed by atoms with Gasteiger partial charge in [-0.3, -0.25) is 15.0 Å². The van der Waals surface area contributed by atoms with Crippen LogP contribution in [0.25, 0.3) is 70.8 Å². The minimum Gasteiger partial charge on any atom is -0.305 e. The summed E-state index contributed by atoms with van der Waals surface area (Å²) in [5, 5.41) is 8.34. The van der Waals surface area contributed by atoms with Crippen LogP contribution in [0.5, 0.6) is 0 Å². The van der Waals surface area contributed by atoms with Gasteiger partial charge >= 0.3 is 0 Å². The molecule has 8 aromatic rings. The van der Waals surface area contributed by atoms with Crippen molar-refractivity contribution < 1.29 is 0 Å². The average Bonchev–Trinajstić information content (AvgIpc) is 3.35. The molecule has 0 aliphatic carbocycles. The Kier molecular flexibility index (Phi) is 2.62. The van der Waals surface area contributed by atoms with Gasteiger partial charge in [0.1, 0.15) is 0 Å². The maximum Gasteiger partial charge on any atom is 0.0970 e. The lowest BCUT2D eigenvalue weighted by atomic mass is 9.93. The molecule has 5 aromatic heterocycles. The highest BCUT2D eigenvalue weighted by molar-refractivity contribution is 6.38. The van der Waals surface area contributed by atoms with Gasteiger partial charge in [0.2, 0.25) is 0 Å². The molecule has 31 heavy (non-hydrogen) atoms. The van der Waals surface area contributed by atoms with Gasteiger partial charge in [-0.2, -0.15) is 0 Å². The summed E-state index contributed by atoms with van der Waals surface area (Å²) in [5.41, 5.74) is 6.49. The molecule has 0 radical (unpaired) electrons. The quantitative estimate of drug-likeness (QED) is 0.276. The standard InChI is InChI=1S/C27H14N4/c1-2-7-16-15(6-1)17-8-3-11-28-24(17)18-14-19-25-20(9-4-12-29-25)31-21-10-5-13-30-26(21)23(22(16)18)27(19)31/h1-14H. The van der Waals surface area contributed by atoms with Crippen LogP contribution in [0.3, 0.4) is 0 Å². The van der Waals surface area contributed by atoms with E-state index in [4.69, 9.17) is 15.0 Å². The predicted octanol–water partition coefficient (Wildman–Crippen LogP) is 6.48. The van der Waals surface area contributed by atoms with E-state index in [-0.39, 0.29) is 0 Å². The third kappa shape index (κ3) is 1.71. The fraction of sp³-hybridized carbons (Fsp3) is 0. The van der Waals surface area contributed by atoms with Gasteiger partial charge in [-0.25, -0.2) is 0 Å². The summed E-state index contributed by atoms with van der Waals surface area (Å²) in [6, 6.07) is 23.4. The zero-order chi connectivity index (χ0) is 20.1. The molecule has 0 unspecified atom stereocenters. The normalized spacial score (nSPS) is 12.5. The molecule has 0 N–H and O–H groups in total. The van der Waals surface area contributed by atoms with Gasteiger partial charge in [0.25, 0.3) is 0 Å². The average molecular weight is 394 g/mol. The van der Waals surface area contributed by atoms with E-state index in [9.17, 15) is 0 Å². The smallest absolute Gasteiger partial charge is 0.0970 e. The van der Waals surface area contributed by atoms with Crippen molar-refractivity contribution in [3.63, 3.8) is 0 Å². The molecular formula is C27H14N4. The lowest BCUT2D eigenvalue weighted by Crippen LogP contribution is -1.87. The Hall–Kier alpha value is -4.31. The molecule has 5 heterocycles. The van der Waals surface area contributed by atoms with Gasteiger partial charge in [-0.15, -0.1) is 0 Å². The molecule has 0 saturated carbocycles. The lowest BCUT2D eigenvalue weighted by molar-refractivity contribution is 1.33. The Bertz CT molecular complexity index is 2000. The molecular weight excluding hydrogens is 380 g/mol. The Morgan fingerprint density at radius 3 is 1.97 bits per heavy atom. The highest BCUT2D eigenvalue weighted by Gasteiger charge is 2.23. The van der Waals surface area contributed by atoms with Crippen LogP contribution >= 0.6 is 0 Å². The number of nitrogens with zero attached hydrogens (tertiary/aromatic N) is 4. The van der Waals surface area contributed by atoms with E-state index >= 15 is 0 Å². The van der Waals surface area contributed by atoms with E-state index in [1.54, 1.807) is 0 Å². The van der Waals surface area contributed by atoms with Gasteiger partial charge in [-0.1, -0.05) is 30.3 Å². The first kappa shape index (κ1) is 15.5. The Labute approximate surface area is 175 Å². The van der Waals surface area contributed by atoms with Gasteiger partial charge in [-0.05, 0) is 47.2 Å². The first-order valence-electron chi connectivity index (χ1n) is 10.4. The summed E-state index contributed by atoms with van der Waals surface area (Å²) >= 11 is 0. The van der Waals surface area contributed by atoms with Crippen molar-refractivity contribution in [1.29, 1.82) is 0 Å². The van der Waals surface area contributed by atoms with Gasteiger partial charge in [0.15, 0.2) is 0 Å². The molecule has 0 fully saturated rings. The third-order valence-corrected chi connectivity index (χ3v) is 6.62. The van der Waals surface area contributed by atoms with Gasteiger partial charge in [0, 0.05) is 45.5 Å². The van der Waals surface area contributed by atoms with Crippen molar-refractivity contribution in [1.82, 2.24) is 19.4 Å². The first-order chi connectivity index (χ1) is 15.4. The number of aromatic nitrogens is 4. The van der Waals surface area contributed by atoms with Gasteiger partial charge in [0.05, 0.1) is 33.1 Å². The van der Waals surface area contributed by atoms with Crippen molar-refractivity contribution in [2.75, 3.05) is 0 Å². The largest absolute Gasteiger partial charge is 0.305 e. The Morgan fingerprint density at radius 2 is 1.13 bits per heavy atom. The molecule has 0 saturated heterocycles. The molecule has 4 heteroatoms. The predicted molar refractivity (Wildman–Crippen MR) is 127 cm³/mol. The van der Waals surface area contributed by atoms with Gasteiger partial charge < -0.3 is 4.40 Å². The van der Waals surface area contributed by atoms with Crippen LogP contribution in [0.15, 0.2) is 85.3 Å². The third-order valence-electron chi connectivity index (χ3n) is 6.62. The minimum atomic E-state index is 1.02. The second-order valence-corrected chi connectivity index (χ2v) is 8.09. The van der Waals surface area contributed by atoms with E-state index in [1.807, 2.05) is 36.8 Å². The Balaban J connectivity index is 1.87. The second kappa shape index (κ2) is 5.24. The number of rotatable bonds is 0. The molecule has 0 aliphatic rings. The van der Waals surface area contributed by atoms with Crippen LogP contribution in [0.4, 0.5) is 0 Å².